The summed E-state index contributed by atoms with van der Waals surface area (Å²) in [6.45, 7) is 2.05. The number of rotatable bonds is 3. The first kappa shape index (κ1) is 10.1. The van der Waals surface area contributed by atoms with Crippen LogP contribution in [0.1, 0.15) is 11.1 Å². The fraction of sp³-hybridized carbons (Fsp3) is 0.182. The molecule has 0 saturated carbocycles. The van der Waals surface area contributed by atoms with E-state index in [1.54, 1.807) is 17.8 Å². The summed E-state index contributed by atoms with van der Waals surface area (Å²) in [6.07, 6.45) is 4.39. The SMILES string of the molecule is CS/C(=C\C=O)c1ccc(C)cc1. The average Bonchev–Trinajstić information content (AvgIpc) is 2.16. The van der Waals surface area contributed by atoms with E-state index in [1.165, 1.54) is 5.56 Å². The maximum Gasteiger partial charge on any atom is 0.143 e. The first-order valence-electron chi connectivity index (χ1n) is 4.04. The fourth-order valence-corrected chi connectivity index (χ4v) is 1.63. The molecular formula is C11H12OS. The Morgan fingerprint density at radius 1 is 1.31 bits per heavy atom. The lowest BCUT2D eigenvalue weighted by Gasteiger charge is -2.02. The van der Waals surface area contributed by atoms with Crippen molar-refractivity contribution in [2.24, 2.45) is 0 Å². The normalized spacial score (nSPS) is 11.4. The first-order valence-corrected chi connectivity index (χ1v) is 5.27. The van der Waals surface area contributed by atoms with Crippen LogP contribution in [-0.2, 0) is 4.79 Å². The third-order valence-electron chi connectivity index (χ3n) is 1.78. The van der Waals surface area contributed by atoms with Gasteiger partial charge in [0.2, 0.25) is 0 Å². The molecule has 0 aromatic heterocycles. The molecule has 13 heavy (non-hydrogen) atoms. The molecule has 0 aliphatic heterocycles. The molecule has 1 rings (SSSR count). The van der Waals surface area contributed by atoms with Gasteiger partial charge < -0.3 is 0 Å². The second-order valence-electron chi connectivity index (χ2n) is 2.74. The van der Waals surface area contributed by atoms with Crippen molar-refractivity contribution in [1.82, 2.24) is 0 Å². The Labute approximate surface area is 82.9 Å². The average molecular weight is 192 g/mol. The number of carbonyl (C=O) groups is 1. The quantitative estimate of drug-likeness (QED) is 0.541. The Morgan fingerprint density at radius 2 is 1.92 bits per heavy atom. The van der Waals surface area contributed by atoms with Crippen LogP contribution in [0.5, 0.6) is 0 Å². The van der Waals surface area contributed by atoms with E-state index in [-0.39, 0.29) is 0 Å². The highest BCUT2D eigenvalue weighted by Crippen LogP contribution is 2.24. The second-order valence-corrected chi connectivity index (χ2v) is 3.59. The molecule has 0 spiro atoms. The zero-order valence-electron chi connectivity index (χ0n) is 7.78. The summed E-state index contributed by atoms with van der Waals surface area (Å²) >= 11 is 1.58. The van der Waals surface area contributed by atoms with E-state index in [4.69, 9.17) is 0 Å². The largest absolute Gasteiger partial charge is 0.299 e. The second kappa shape index (κ2) is 4.87. The summed E-state index contributed by atoms with van der Waals surface area (Å²) in [6, 6.07) is 8.15. The molecule has 0 radical (unpaired) electrons. The van der Waals surface area contributed by atoms with E-state index >= 15 is 0 Å². The molecule has 0 atom stereocenters. The van der Waals surface area contributed by atoms with E-state index in [9.17, 15) is 4.79 Å². The number of aryl methyl sites for hydroxylation is 1. The van der Waals surface area contributed by atoms with Gasteiger partial charge >= 0.3 is 0 Å². The smallest absolute Gasteiger partial charge is 0.143 e. The third-order valence-corrected chi connectivity index (χ3v) is 2.59. The van der Waals surface area contributed by atoms with Crippen LogP contribution in [0.4, 0.5) is 0 Å². The molecule has 1 aromatic carbocycles. The molecule has 2 heteroatoms. The third kappa shape index (κ3) is 2.74. The molecular weight excluding hydrogens is 180 g/mol. The van der Waals surface area contributed by atoms with Gasteiger partial charge in [-0.3, -0.25) is 4.79 Å². The molecule has 0 fully saturated rings. The van der Waals surface area contributed by atoms with Gasteiger partial charge in [-0.1, -0.05) is 29.8 Å². The van der Waals surface area contributed by atoms with Crippen molar-refractivity contribution in [3.8, 4) is 0 Å². The van der Waals surface area contributed by atoms with E-state index in [0.717, 1.165) is 16.8 Å². The van der Waals surface area contributed by atoms with Crippen LogP contribution in [0.25, 0.3) is 4.91 Å². The van der Waals surface area contributed by atoms with Crippen molar-refractivity contribution < 1.29 is 4.79 Å². The van der Waals surface area contributed by atoms with Crippen LogP contribution in [0.3, 0.4) is 0 Å². The predicted molar refractivity (Wildman–Crippen MR) is 58.7 cm³/mol. The monoisotopic (exact) mass is 192 g/mol. The Balaban J connectivity index is 2.99. The van der Waals surface area contributed by atoms with Crippen LogP contribution in [0.2, 0.25) is 0 Å². The van der Waals surface area contributed by atoms with Crippen molar-refractivity contribution in [3.05, 3.63) is 41.5 Å². The highest BCUT2D eigenvalue weighted by Gasteiger charge is 1.97. The Kier molecular flexibility index (Phi) is 3.77. The lowest BCUT2D eigenvalue weighted by molar-refractivity contribution is -0.104. The van der Waals surface area contributed by atoms with Crippen molar-refractivity contribution in [2.45, 2.75) is 6.92 Å². The molecule has 0 bridgehead atoms. The minimum atomic E-state index is 0.825. The van der Waals surface area contributed by atoms with Gasteiger partial charge in [0.1, 0.15) is 6.29 Å². The van der Waals surface area contributed by atoms with Gasteiger partial charge in [-0.05, 0) is 24.8 Å². The van der Waals surface area contributed by atoms with Crippen molar-refractivity contribution in [1.29, 1.82) is 0 Å². The van der Waals surface area contributed by atoms with Gasteiger partial charge in [-0.15, -0.1) is 11.8 Å². The highest BCUT2D eigenvalue weighted by molar-refractivity contribution is 8.07. The summed E-state index contributed by atoms with van der Waals surface area (Å²) in [5.41, 5.74) is 2.33. The maximum absolute atomic E-state index is 10.3. The Morgan fingerprint density at radius 3 is 2.38 bits per heavy atom. The van der Waals surface area contributed by atoms with Gasteiger partial charge in [0.05, 0.1) is 0 Å². The lowest BCUT2D eigenvalue weighted by Crippen LogP contribution is -1.80. The zero-order valence-corrected chi connectivity index (χ0v) is 8.60. The number of benzene rings is 1. The lowest BCUT2D eigenvalue weighted by atomic mass is 10.1. The summed E-state index contributed by atoms with van der Waals surface area (Å²) < 4.78 is 0. The topological polar surface area (TPSA) is 17.1 Å². The van der Waals surface area contributed by atoms with E-state index in [2.05, 4.69) is 0 Å². The van der Waals surface area contributed by atoms with Gasteiger partial charge in [-0.2, -0.15) is 0 Å². The molecule has 0 amide bonds. The van der Waals surface area contributed by atoms with Gasteiger partial charge in [0.15, 0.2) is 0 Å². The molecule has 0 heterocycles. The highest BCUT2D eigenvalue weighted by atomic mass is 32.2. The maximum atomic E-state index is 10.3. The molecule has 1 nitrogen and oxygen atoms in total. The van der Waals surface area contributed by atoms with Gasteiger partial charge in [0, 0.05) is 4.91 Å². The van der Waals surface area contributed by atoms with Crippen molar-refractivity contribution in [3.63, 3.8) is 0 Å². The van der Waals surface area contributed by atoms with Crippen LogP contribution in [0.15, 0.2) is 30.3 Å². The summed E-state index contributed by atoms with van der Waals surface area (Å²) in [5.74, 6) is 0. The molecule has 0 aliphatic carbocycles. The Hall–Kier alpha value is -1.02. The van der Waals surface area contributed by atoms with Crippen LogP contribution in [-0.4, -0.2) is 12.5 Å². The number of hydrogen-bond donors (Lipinski definition) is 0. The van der Waals surface area contributed by atoms with E-state index in [1.807, 2.05) is 37.4 Å². The molecule has 0 N–H and O–H groups in total. The fourth-order valence-electron chi connectivity index (χ4n) is 1.06. The minimum Gasteiger partial charge on any atom is -0.299 e. The summed E-state index contributed by atoms with van der Waals surface area (Å²) in [4.78, 5) is 11.3. The summed E-state index contributed by atoms with van der Waals surface area (Å²) in [5, 5.41) is 0. The predicted octanol–water partition coefficient (Wildman–Crippen LogP) is 2.90. The van der Waals surface area contributed by atoms with E-state index < -0.39 is 0 Å². The van der Waals surface area contributed by atoms with Gasteiger partial charge in [-0.25, -0.2) is 0 Å². The first-order chi connectivity index (χ1) is 6.27. The standard InChI is InChI=1S/C11H12OS/c1-9-3-5-10(6-4-9)11(13-2)7-8-12/h3-8H,1-2H3/b11-7-. The molecule has 1 aromatic rings. The van der Waals surface area contributed by atoms with E-state index in [0.29, 0.717) is 0 Å². The molecule has 0 saturated heterocycles. The number of carbonyl (C=O) groups excluding carboxylic acids is 1. The molecule has 0 aliphatic rings. The van der Waals surface area contributed by atoms with Crippen molar-refractivity contribution >= 4 is 23.0 Å². The van der Waals surface area contributed by atoms with Crippen LogP contribution < -0.4 is 0 Å². The number of thioether (sulfide) groups is 1. The molecule has 0 unspecified atom stereocenters. The number of aldehydes is 1. The summed E-state index contributed by atoms with van der Waals surface area (Å²) in [7, 11) is 0. The van der Waals surface area contributed by atoms with Crippen LogP contribution in [0, 0.1) is 6.92 Å². The van der Waals surface area contributed by atoms with Crippen LogP contribution >= 0.6 is 11.8 Å². The van der Waals surface area contributed by atoms with Gasteiger partial charge in [0.25, 0.3) is 0 Å². The van der Waals surface area contributed by atoms with Crippen molar-refractivity contribution in [2.75, 3.05) is 6.26 Å². The number of hydrogen-bond acceptors (Lipinski definition) is 2. The Bertz CT molecular complexity index is 311. The zero-order chi connectivity index (χ0) is 9.68. The minimum absolute atomic E-state index is 0.825. The molecule has 68 valence electrons. The number of allylic oxidation sites excluding steroid dienone is 1.